The first kappa shape index (κ1) is 20.1. The summed E-state index contributed by atoms with van der Waals surface area (Å²) in [6.07, 6.45) is 4.10. The zero-order valence-electron chi connectivity index (χ0n) is 15.7. The van der Waals surface area contributed by atoms with Gasteiger partial charge in [-0.3, -0.25) is 4.79 Å². The zero-order valence-corrected chi connectivity index (χ0v) is 17.2. The van der Waals surface area contributed by atoms with E-state index in [1.807, 2.05) is 43.3 Å². The van der Waals surface area contributed by atoms with Crippen LogP contribution >= 0.6 is 23.4 Å². The fourth-order valence-corrected chi connectivity index (χ4v) is 4.21. The molecule has 1 amide bonds. The Morgan fingerprint density at radius 2 is 1.96 bits per heavy atom. The molecule has 3 nitrogen and oxygen atoms in total. The summed E-state index contributed by atoms with van der Waals surface area (Å²) < 4.78 is 5.98. The molecule has 1 aliphatic carbocycles. The maximum atomic E-state index is 12.3. The molecule has 2 aromatic carbocycles. The summed E-state index contributed by atoms with van der Waals surface area (Å²) >= 11 is 7.68. The summed E-state index contributed by atoms with van der Waals surface area (Å²) in [5.74, 6) is 2.58. The SMILES string of the molecule is CC(Oc1cccc2c1CCCC2)C(=O)NCCSCc1ccc(Cl)cc1. The van der Waals surface area contributed by atoms with E-state index in [2.05, 4.69) is 11.4 Å². The van der Waals surface area contributed by atoms with Crippen LogP contribution in [0.15, 0.2) is 42.5 Å². The van der Waals surface area contributed by atoms with Gasteiger partial charge < -0.3 is 10.1 Å². The Bertz CT molecular complexity index is 763. The Balaban J connectivity index is 1.40. The van der Waals surface area contributed by atoms with Gasteiger partial charge in [0.05, 0.1) is 0 Å². The fourth-order valence-electron chi connectivity index (χ4n) is 3.26. The van der Waals surface area contributed by atoms with Gasteiger partial charge in [-0.05, 0) is 67.5 Å². The number of rotatable bonds is 8. The van der Waals surface area contributed by atoms with Gasteiger partial charge in [0.15, 0.2) is 6.10 Å². The van der Waals surface area contributed by atoms with Crippen LogP contribution in [-0.4, -0.2) is 24.3 Å². The number of hydrogen-bond acceptors (Lipinski definition) is 3. The molecule has 2 aromatic rings. The Kier molecular flexibility index (Phi) is 7.48. The molecule has 0 radical (unpaired) electrons. The van der Waals surface area contributed by atoms with E-state index in [9.17, 15) is 4.79 Å². The minimum absolute atomic E-state index is 0.0597. The maximum Gasteiger partial charge on any atom is 0.260 e. The molecule has 5 heteroatoms. The van der Waals surface area contributed by atoms with Crippen molar-refractivity contribution in [2.45, 2.75) is 44.5 Å². The van der Waals surface area contributed by atoms with Crippen LogP contribution in [0.1, 0.15) is 36.5 Å². The number of carbonyl (C=O) groups excluding carboxylic acids is 1. The van der Waals surface area contributed by atoms with Crippen LogP contribution in [-0.2, 0) is 23.4 Å². The van der Waals surface area contributed by atoms with E-state index >= 15 is 0 Å². The molecule has 0 bridgehead atoms. The van der Waals surface area contributed by atoms with Crippen molar-refractivity contribution < 1.29 is 9.53 Å². The van der Waals surface area contributed by atoms with Crippen LogP contribution in [0.25, 0.3) is 0 Å². The third-order valence-corrected chi connectivity index (χ3v) is 6.04. The summed E-state index contributed by atoms with van der Waals surface area (Å²) in [6.45, 7) is 2.45. The quantitative estimate of drug-likeness (QED) is 0.628. The second-order valence-corrected chi connectivity index (χ2v) is 8.37. The van der Waals surface area contributed by atoms with Crippen molar-refractivity contribution in [3.05, 3.63) is 64.2 Å². The molecule has 0 saturated carbocycles. The highest BCUT2D eigenvalue weighted by Crippen LogP contribution is 2.30. The predicted octanol–water partition coefficient (Wildman–Crippen LogP) is 5.04. The second-order valence-electron chi connectivity index (χ2n) is 6.83. The van der Waals surface area contributed by atoms with Crippen molar-refractivity contribution in [1.29, 1.82) is 0 Å². The van der Waals surface area contributed by atoms with Crippen LogP contribution in [0.3, 0.4) is 0 Å². The van der Waals surface area contributed by atoms with Crippen molar-refractivity contribution in [3.8, 4) is 5.75 Å². The highest BCUT2D eigenvalue weighted by Gasteiger charge is 2.19. The molecule has 1 unspecified atom stereocenters. The third-order valence-electron chi connectivity index (χ3n) is 4.75. The van der Waals surface area contributed by atoms with Crippen LogP contribution < -0.4 is 10.1 Å². The number of fused-ring (bicyclic) bond motifs is 1. The summed E-state index contributed by atoms with van der Waals surface area (Å²) in [6, 6.07) is 14.0. The molecule has 0 aromatic heterocycles. The van der Waals surface area contributed by atoms with E-state index in [1.54, 1.807) is 11.8 Å². The molecule has 0 aliphatic heterocycles. The smallest absolute Gasteiger partial charge is 0.260 e. The predicted molar refractivity (Wildman–Crippen MR) is 114 cm³/mol. The van der Waals surface area contributed by atoms with Crippen LogP contribution in [0, 0.1) is 0 Å². The average Bonchev–Trinajstić information content (AvgIpc) is 2.69. The van der Waals surface area contributed by atoms with Gasteiger partial charge >= 0.3 is 0 Å². The summed E-state index contributed by atoms with van der Waals surface area (Å²) in [4.78, 5) is 12.3. The summed E-state index contributed by atoms with van der Waals surface area (Å²) in [7, 11) is 0. The van der Waals surface area contributed by atoms with Gasteiger partial charge in [-0.1, -0.05) is 35.9 Å². The number of hydrogen-bond donors (Lipinski definition) is 1. The monoisotopic (exact) mass is 403 g/mol. The van der Waals surface area contributed by atoms with Crippen LogP contribution in [0.5, 0.6) is 5.75 Å². The highest BCUT2D eigenvalue weighted by atomic mass is 35.5. The Morgan fingerprint density at radius 3 is 2.78 bits per heavy atom. The van der Waals surface area contributed by atoms with Gasteiger partial charge in [-0.2, -0.15) is 11.8 Å². The number of nitrogens with one attached hydrogen (secondary N) is 1. The topological polar surface area (TPSA) is 38.3 Å². The molecular weight excluding hydrogens is 378 g/mol. The normalized spacial score (nSPS) is 14.3. The number of halogens is 1. The van der Waals surface area contributed by atoms with Crippen molar-refractivity contribution >= 4 is 29.3 Å². The average molecular weight is 404 g/mol. The Labute approximate surface area is 170 Å². The lowest BCUT2D eigenvalue weighted by Crippen LogP contribution is -2.37. The number of carbonyl (C=O) groups is 1. The Morgan fingerprint density at radius 1 is 1.19 bits per heavy atom. The highest BCUT2D eigenvalue weighted by molar-refractivity contribution is 7.98. The van der Waals surface area contributed by atoms with Crippen molar-refractivity contribution in [2.24, 2.45) is 0 Å². The molecule has 1 aliphatic rings. The molecule has 27 heavy (non-hydrogen) atoms. The standard InChI is InChI=1S/C22H26ClNO2S/c1-16(26-21-8-4-6-18-5-2-3-7-20(18)21)22(25)24-13-14-27-15-17-9-11-19(23)12-10-17/h4,6,8-12,16H,2-3,5,7,13-15H2,1H3,(H,24,25). The minimum Gasteiger partial charge on any atom is -0.481 e. The molecule has 3 rings (SSSR count). The van der Waals surface area contributed by atoms with Gasteiger partial charge in [-0.15, -0.1) is 0 Å². The first-order valence-electron chi connectivity index (χ1n) is 9.51. The Hall–Kier alpha value is -1.65. The molecule has 1 atom stereocenters. The lowest BCUT2D eigenvalue weighted by molar-refractivity contribution is -0.127. The summed E-state index contributed by atoms with van der Waals surface area (Å²) in [5.41, 5.74) is 3.88. The second kappa shape index (κ2) is 10.0. The van der Waals surface area contributed by atoms with Crippen molar-refractivity contribution in [3.63, 3.8) is 0 Å². The van der Waals surface area contributed by atoms with E-state index in [4.69, 9.17) is 16.3 Å². The molecule has 0 saturated heterocycles. The lowest BCUT2D eigenvalue weighted by atomic mass is 9.91. The number of benzene rings is 2. The zero-order chi connectivity index (χ0) is 19.1. The number of amides is 1. The van der Waals surface area contributed by atoms with Crippen molar-refractivity contribution in [2.75, 3.05) is 12.3 Å². The molecule has 144 valence electrons. The number of aryl methyl sites for hydroxylation is 1. The summed E-state index contributed by atoms with van der Waals surface area (Å²) in [5, 5.41) is 3.73. The maximum absolute atomic E-state index is 12.3. The molecule has 0 fully saturated rings. The third kappa shape index (κ3) is 5.91. The van der Waals surface area contributed by atoms with Crippen LogP contribution in [0.4, 0.5) is 0 Å². The molecule has 0 heterocycles. The van der Waals surface area contributed by atoms with E-state index < -0.39 is 6.10 Å². The number of ether oxygens (including phenoxy) is 1. The van der Waals surface area contributed by atoms with Crippen molar-refractivity contribution in [1.82, 2.24) is 5.32 Å². The van der Waals surface area contributed by atoms with Gasteiger partial charge in [0.25, 0.3) is 5.91 Å². The van der Waals surface area contributed by atoms with E-state index in [0.717, 1.165) is 35.1 Å². The van der Waals surface area contributed by atoms with Gasteiger partial charge in [0.2, 0.25) is 0 Å². The first-order chi connectivity index (χ1) is 13.1. The minimum atomic E-state index is -0.486. The molecule has 1 N–H and O–H groups in total. The molecular formula is C22H26ClNO2S. The van der Waals surface area contributed by atoms with Crippen LogP contribution in [0.2, 0.25) is 5.02 Å². The van der Waals surface area contributed by atoms with Gasteiger partial charge in [0.1, 0.15) is 5.75 Å². The number of thioether (sulfide) groups is 1. The van der Waals surface area contributed by atoms with E-state index in [-0.39, 0.29) is 5.91 Å². The lowest BCUT2D eigenvalue weighted by Gasteiger charge is -2.22. The van der Waals surface area contributed by atoms with Gasteiger partial charge in [0, 0.05) is 23.1 Å². The van der Waals surface area contributed by atoms with Gasteiger partial charge in [-0.25, -0.2) is 0 Å². The molecule has 0 spiro atoms. The first-order valence-corrected chi connectivity index (χ1v) is 11.0. The van der Waals surface area contributed by atoms with E-state index in [0.29, 0.717) is 6.54 Å². The fraction of sp³-hybridized carbons (Fsp3) is 0.409. The van der Waals surface area contributed by atoms with E-state index in [1.165, 1.54) is 29.5 Å². The largest absolute Gasteiger partial charge is 0.481 e.